The number of carbonyl (C=O) groups is 2. The maximum absolute atomic E-state index is 12.9. The topological polar surface area (TPSA) is 66.8 Å². The number of amides is 1. The molecule has 0 bridgehead atoms. The van der Waals surface area contributed by atoms with Gasteiger partial charge in [0.15, 0.2) is 0 Å². The lowest BCUT2D eigenvalue weighted by molar-refractivity contribution is -0.142. The third-order valence-corrected chi connectivity index (χ3v) is 3.58. The predicted molar refractivity (Wildman–Crippen MR) is 73.5 cm³/mol. The van der Waals surface area contributed by atoms with Crippen LogP contribution in [0.15, 0.2) is 24.3 Å². The Morgan fingerprint density at radius 3 is 2.57 bits per heavy atom. The van der Waals surface area contributed by atoms with E-state index in [9.17, 15) is 19.1 Å². The normalized spacial score (nSPS) is 21.2. The van der Waals surface area contributed by atoms with Crippen molar-refractivity contribution in [3.8, 4) is 0 Å². The van der Waals surface area contributed by atoms with Crippen molar-refractivity contribution in [1.82, 2.24) is 4.90 Å². The van der Waals surface area contributed by atoms with E-state index >= 15 is 0 Å². The van der Waals surface area contributed by atoms with Gasteiger partial charge in [0.05, 0.1) is 19.3 Å². The van der Waals surface area contributed by atoms with E-state index in [-0.39, 0.29) is 19.1 Å². The number of carbonyl (C=O) groups excluding carboxylic acids is 1. The van der Waals surface area contributed by atoms with Crippen LogP contribution in [0.25, 0.3) is 0 Å². The smallest absolute Gasteiger partial charge is 0.311 e. The Morgan fingerprint density at radius 2 is 2.00 bits per heavy atom. The Labute approximate surface area is 122 Å². The van der Waals surface area contributed by atoms with Gasteiger partial charge < -0.3 is 14.7 Å². The summed E-state index contributed by atoms with van der Waals surface area (Å²) in [5.74, 6) is -2.40. The van der Waals surface area contributed by atoms with Gasteiger partial charge in [-0.25, -0.2) is 4.39 Å². The summed E-state index contributed by atoms with van der Waals surface area (Å²) in [6.07, 6.45) is 0.704. The van der Waals surface area contributed by atoms with Crippen molar-refractivity contribution in [3.05, 3.63) is 35.6 Å². The largest absolute Gasteiger partial charge is 0.481 e. The number of rotatable bonds is 5. The lowest BCUT2D eigenvalue weighted by Gasteiger charge is -2.30. The van der Waals surface area contributed by atoms with Crippen molar-refractivity contribution in [2.75, 3.05) is 19.8 Å². The molecule has 2 rings (SSSR count). The minimum absolute atomic E-state index is 0.108. The molecule has 0 aromatic heterocycles. The zero-order chi connectivity index (χ0) is 15.4. The van der Waals surface area contributed by atoms with Crippen LogP contribution in [0.4, 0.5) is 4.39 Å². The summed E-state index contributed by atoms with van der Waals surface area (Å²) in [5.41, 5.74) is 0.348. The third-order valence-electron chi connectivity index (χ3n) is 3.58. The standard InChI is InChI=1S/C15H18FNO4/c1-2-7-17(13-9-21-8-12(13)15(19)20)14(18)10-3-5-11(16)6-4-10/h3-6,12-13H,2,7-9H2,1H3,(H,19,20). The lowest BCUT2D eigenvalue weighted by atomic mass is 10.0. The molecule has 1 aromatic rings. The first-order chi connectivity index (χ1) is 10.0. The van der Waals surface area contributed by atoms with Crippen molar-refractivity contribution in [1.29, 1.82) is 0 Å². The van der Waals surface area contributed by atoms with E-state index in [0.29, 0.717) is 18.5 Å². The summed E-state index contributed by atoms with van der Waals surface area (Å²) in [5, 5.41) is 9.22. The van der Waals surface area contributed by atoms with Gasteiger partial charge >= 0.3 is 5.97 Å². The Bertz CT molecular complexity index is 517. The number of benzene rings is 1. The molecule has 1 saturated heterocycles. The molecular weight excluding hydrogens is 277 g/mol. The molecule has 2 unspecified atom stereocenters. The summed E-state index contributed by atoms with van der Waals surface area (Å²) >= 11 is 0. The van der Waals surface area contributed by atoms with Gasteiger partial charge in [-0.1, -0.05) is 6.92 Å². The van der Waals surface area contributed by atoms with Crippen molar-refractivity contribution < 1.29 is 23.8 Å². The Balaban J connectivity index is 2.23. The minimum Gasteiger partial charge on any atom is -0.481 e. The quantitative estimate of drug-likeness (QED) is 0.899. The van der Waals surface area contributed by atoms with E-state index in [0.717, 1.165) is 0 Å². The molecule has 114 valence electrons. The van der Waals surface area contributed by atoms with E-state index in [2.05, 4.69) is 0 Å². The van der Waals surface area contributed by atoms with Crippen molar-refractivity contribution in [2.45, 2.75) is 19.4 Å². The van der Waals surface area contributed by atoms with Gasteiger partial charge in [-0.15, -0.1) is 0 Å². The molecule has 1 aliphatic rings. The molecular formula is C15H18FNO4. The van der Waals surface area contributed by atoms with Gasteiger partial charge in [0.25, 0.3) is 5.91 Å². The van der Waals surface area contributed by atoms with Gasteiger partial charge in [0.2, 0.25) is 0 Å². The van der Waals surface area contributed by atoms with Crippen LogP contribution in [0, 0.1) is 11.7 Å². The molecule has 5 nitrogen and oxygen atoms in total. The molecule has 0 radical (unpaired) electrons. The summed E-state index contributed by atoms with van der Waals surface area (Å²) in [7, 11) is 0. The number of hydrogen-bond acceptors (Lipinski definition) is 3. The van der Waals surface area contributed by atoms with Crippen LogP contribution in [0.2, 0.25) is 0 Å². The van der Waals surface area contributed by atoms with Crippen molar-refractivity contribution in [3.63, 3.8) is 0 Å². The SMILES string of the molecule is CCCN(C(=O)c1ccc(F)cc1)C1COCC1C(=O)O. The number of aliphatic carboxylic acids is 1. The van der Waals surface area contributed by atoms with Gasteiger partial charge in [-0.3, -0.25) is 9.59 Å². The summed E-state index contributed by atoms with van der Waals surface area (Å²) in [4.78, 5) is 25.3. The monoisotopic (exact) mass is 295 g/mol. The minimum atomic E-state index is -0.967. The first kappa shape index (κ1) is 15.4. The first-order valence-corrected chi connectivity index (χ1v) is 6.91. The number of hydrogen-bond donors (Lipinski definition) is 1. The van der Waals surface area contributed by atoms with Crippen LogP contribution < -0.4 is 0 Å². The van der Waals surface area contributed by atoms with E-state index in [1.165, 1.54) is 29.2 Å². The fourth-order valence-corrected chi connectivity index (χ4v) is 2.50. The molecule has 0 spiro atoms. The molecule has 1 heterocycles. The summed E-state index contributed by atoms with van der Waals surface area (Å²) < 4.78 is 18.2. The van der Waals surface area contributed by atoms with Gasteiger partial charge in [0, 0.05) is 12.1 Å². The van der Waals surface area contributed by atoms with Crippen LogP contribution in [-0.4, -0.2) is 47.7 Å². The molecule has 0 saturated carbocycles. The lowest BCUT2D eigenvalue weighted by Crippen LogP contribution is -2.47. The third kappa shape index (κ3) is 3.39. The maximum atomic E-state index is 12.9. The van der Waals surface area contributed by atoms with E-state index in [1.807, 2.05) is 6.92 Å². The molecule has 1 fully saturated rings. The number of ether oxygens (including phenoxy) is 1. The molecule has 1 aromatic carbocycles. The number of carboxylic acids is 1. The molecule has 1 amide bonds. The second kappa shape index (κ2) is 6.67. The highest BCUT2D eigenvalue weighted by Gasteiger charge is 2.39. The Morgan fingerprint density at radius 1 is 1.33 bits per heavy atom. The zero-order valence-electron chi connectivity index (χ0n) is 11.8. The predicted octanol–water partition coefficient (Wildman–Crippen LogP) is 1.78. The van der Waals surface area contributed by atoms with Crippen LogP contribution in [0.5, 0.6) is 0 Å². The molecule has 1 aliphatic heterocycles. The Kier molecular flexibility index (Phi) is 4.90. The molecule has 0 aliphatic carbocycles. The van der Waals surface area contributed by atoms with E-state index < -0.39 is 23.7 Å². The van der Waals surface area contributed by atoms with Crippen LogP contribution in [-0.2, 0) is 9.53 Å². The molecule has 2 atom stereocenters. The van der Waals surface area contributed by atoms with E-state index in [4.69, 9.17) is 4.74 Å². The second-order valence-corrected chi connectivity index (χ2v) is 5.05. The summed E-state index contributed by atoms with van der Waals surface area (Å²) in [6, 6.07) is 4.77. The average molecular weight is 295 g/mol. The first-order valence-electron chi connectivity index (χ1n) is 6.91. The molecule has 21 heavy (non-hydrogen) atoms. The second-order valence-electron chi connectivity index (χ2n) is 5.05. The molecule has 1 N–H and O–H groups in total. The highest BCUT2D eigenvalue weighted by molar-refractivity contribution is 5.94. The summed E-state index contributed by atoms with van der Waals surface area (Å²) in [6.45, 7) is 2.67. The van der Waals surface area contributed by atoms with E-state index in [1.54, 1.807) is 0 Å². The fraction of sp³-hybridized carbons (Fsp3) is 0.467. The van der Waals surface area contributed by atoms with Crippen LogP contribution >= 0.6 is 0 Å². The number of nitrogens with zero attached hydrogens (tertiary/aromatic N) is 1. The Hall–Kier alpha value is -1.95. The van der Waals surface area contributed by atoms with Gasteiger partial charge in [-0.05, 0) is 30.7 Å². The highest BCUT2D eigenvalue weighted by atomic mass is 19.1. The average Bonchev–Trinajstić information content (AvgIpc) is 2.94. The molecule has 6 heteroatoms. The highest BCUT2D eigenvalue weighted by Crippen LogP contribution is 2.22. The maximum Gasteiger partial charge on any atom is 0.311 e. The van der Waals surface area contributed by atoms with Crippen molar-refractivity contribution in [2.24, 2.45) is 5.92 Å². The van der Waals surface area contributed by atoms with Crippen LogP contribution in [0.1, 0.15) is 23.7 Å². The number of carboxylic acid groups (broad SMARTS) is 1. The van der Waals surface area contributed by atoms with Gasteiger partial charge in [0.1, 0.15) is 11.7 Å². The zero-order valence-corrected chi connectivity index (χ0v) is 11.8. The van der Waals surface area contributed by atoms with Crippen LogP contribution in [0.3, 0.4) is 0 Å². The number of halogens is 1. The van der Waals surface area contributed by atoms with Crippen molar-refractivity contribution >= 4 is 11.9 Å². The van der Waals surface area contributed by atoms with Gasteiger partial charge in [-0.2, -0.15) is 0 Å². The fourth-order valence-electron chi connectivity index (χ4n) is 2.50.